The minimum atomic E-state index is -3.09. The molecule has 0 aromatic rings. The van der Waals surface area contributed by atoms with Crippen LogP contribution in [0, 0.1) is 0 Å². The van der Waals surface area contributed by atoms with Crippen LogP contribution in [0.4, 0.5) is 4.79 Å². The fourth-order valence-electron chi connectivity index (χ4n) is 1.80. The first-order chi connectivity index (χ1) is 7.99. The number of ether oxygens (including phenoxy) is 1. The third-order valence-electron chi connectivity index (χ3n) is 2.81. The van der Waals surface area contributed by atoms with Gasteiger partial charge in [0.25, 0.3) is 0 Å². The molecule has 1 N–H and O–H groups in total. The molecule has 17 heavy (non-hydrogen) atoms. The SMILES string of the molecule is CCOC(=O)NC1CCN(S(=O)(=O)CC)CC1. The van der Waals surface area contributed by atoms with Crippen molar-refractivity contribution in [1.82, 2.24) is 9.62 Å². The van der Waals surface area contributed by atoms with Crippen molar-refractivity contribution < 1.29 is 17.9 Å². The molecule has 1 amide bonds. The van der Waals surface area contributed by atoms with E-state index in [4.69, 9.17) is 4.74 Å². The van der Waals surface area contributed by atoms with Crippen LogP contribution in [0.15, 0.2) is 0 Å². The number of hydrogen-bond acceptors (Lipinski definition) is 4. The van der Waals surface area contributed by atoms with Crippen LogP contribution in [0.3, 0.4) is 0 Å². The van der Waals surface area contributed by atoms with E-state index >= 15 is 0 Å². The van der Waals surface area contributed by atoms with E-state index in [0.29, 0.717) is 32.5 Å². The maximum atomic E-state index is 11.6. The van der Waals surface area contributed by atoms with E-state index in [0.717, 1.165) is 0 Å². The maximum absolute atomic E-state index is 11.6. The summed E-state index contributed by atoms with van der Waals surface area (Å²) in [5.41, 5.74) is 0. The molecule has 0 aliphatic carbocycles. The largest absolute Gasteiger partial charge is 0.450 e. The molecule has 0 bridgehead atoms. The molecule has 1 heterocycles. The van der Waals surface area contributed by atoms with Crippen molar-refractivity contribution in [3.8, 4) is 0 Å². The van der Waals surface area contributed by atoms with Gasteiger partial charge in [0, 0.05) is 19.1 Å². The molecule has 0 radical (unpaired) electrons. The van der Waals surface area contributed by atoms with Crippen molar-refractivity contribution in [2.45, 2.75) is 32.7 Å². The van der Waals surface area contributed by atoms with E-state index in [1.807, 2.05) is 0 Å². The summed E-state index contributed by atoms with van der Waals surface area (Å²) in [5, 5.41) is 2.73. The van der Waals surface area contributed by atoms with Crippen molar-refractivity contribution >= 4 is 16.1 Å². The number of piperidine rings is 1. The minimum absolute atomic E-state index is 0.0114. The number of hydrogen-bond donors (Lipinski definition) is 1. The van der Waals surface area contributed by atoms with Crippen molar-refractivity contribution in [2.24, 2.45) is 0 Å². The van der Waals surface area contributed by atoms with Gasteiger partial charge < -0.3 is 10.1 Å². The van der Waals surface area contributed by atoms with Gasteiger partial charge in [0.15, 0.2) is 0 Å². The highest BCUT2D eigenvalue weighted by molar-refractivity contribution is 7.89. The van der Waals surface area contributed by atoms with Gasteiger partial charge in [0.05, 0.1) is 12.4 Å². The Balaban J connectivity index is 2.38. The first kappa shape index (κ1) is 14.2. The van der Waals surface area contributed by atoms with Gasteiger partial charge in [-0.25, -0.2) is 17.5 Å². The van der Waals surface area contributed by atoms with Gasteiger partial charge in [0.2, 0.25) is 10.0 Å². The highest BCUT2D eigenvalue weighted by Gasteiger charge is 2.27. The molecule has 0 aromatic heterocycles. The summed E-state index contributed by atoms with van der Waals surface area (Å²) < 4.78 is 29.5. The van der Waals surface area contributed by atoms with Crippen LogP contribution >= 0.6 is 0 Å². The zero-order valence-corrected chi connectivity index (χ0v) is 11.1. The van der Waals surface area contributed by atoms with E-state index in [9.17, 15) is 13.2 Å². The normalized spacial score (nSPS) is 18.9. The average Bonchev–Trinajstić information content (AvgIpc) is 2.30. The van der Waals surface area contributed by atoms with Crippen LogP contribution in [0.1, 0.15) is 26.7 Å². The van der Waals surface area contributed by atoms with Crippen molar-refractivity contribution in [2.75, 3.05) is 25.4 Å². The molecule has 1 aliphatic heterocycles. The van der Waals surface area contributed by atoms with Crippen LogP contribution in [0.5, 0.6) is 0 Å². The zero-order valence-electron chi connectivity index (χ0n) is 10.3. The molecular formula is C10H20N2O4S. The Kier molecular flexibility index (Phi) is 5.20. The highest BCUT2D eigenvalue weighted by atomic mass is 32.2. The number of nitrogens with zero attached hydrogens (tertiary/aromatic N) is 1. The summed E-state index contributed by atoms with van der Waals surface area (Å²) in [7, 11) is -3.09. The maximum Gasteiger partial charge on any atom is 0.407 e. The van der Waals surface area contributed by atoms with Crippen molar-refractivity contribution in [3.63, 3.8) is 0 Å². The number of alkyl carbamates (subject to hydrolysis) is 1. The number of amides is 1. The predicted octanol–water partition coefficient (Wildman–Crippen LogP) is 0.547. The molecule has 1 fully saturated rings. The Labute approximate surface area is 102 Å². The lowest BCUT2D eigenvalue weighted by Crippen LogP contribution is -2.47. The molecule has 0 saturated carbocycles. The van der Waals surface area contributed by atoms with E-state index in [2.05, 4.69) is 5.32 Å². The van der Waals surface area contributed by atoms with Gasteiger partial charge >= 0.3 is 6.09 Å². The molecule has 1 aliphatic rings. The third-order valence-corrected chi connectivity index (χ3v) is 4.69. The average molecular weight is 264 g/mol. The smallest absolute Gasteiger partial charge is 0.407 e. The van der Waals surface area contributed by atoms with Crippen molar-refractivity contribution in [3.05, 3.63) is 0 Å². The summed E-state index contributed by atoms with van der Waals surface area (Å²) in [6.45, 7) is 4.66. The van der Waals surface area contributed by atoms with Crippen LogP contribution in [-0.2, 0) is 14.8 Å². The van der Waals surface area contributed by atoms with Gasteiger partial charge in [-0.2, -0.15) is 0 Å². The molecule has 0 atom stereocenters. The second kappa shape index (κ2) is 6.20. The Morgan fingerprint density at radius 1 is 1.35 bits per heavy atom. The molecule has 0 aromatic carbocycles. The topological polar surface area (TPSA) is 75.7 Å². The van der Waals surface area contributed by atoms with E-state index in [-0.39, 0.29) is 11.8 Å². The molecule has 1 saturated heterocycles. The Bertz CT molecular complexity index is 347. The number of carbonyl (C=O) groups excluding carboxylic acids is 1. The van der Waals surface area contributed by atoms with Gasteiger partial charge in [-0.15, -0.1) is 0 Å². The van der Waals surface area contributed by atoms with Gasteiger partial charge in [-0.3, -0.25) is 0 Å². The number of rotatable bonds is 4. The summed E-state index contributed by atoms with van der Waals surface area (Å²) in [4.78, 5) is 11.2. The van der Waals surface area contributed by atoms with E-state index in [1.54, 1.807) is 13.8 Å². The Hall–Kier alpha value is -0.820. The fraction of sp³-hybridized carbons (Fsp3) is 0.900. The molecule has 100 valence electrons. The Morgan fingerprint density at radius 3 is 2.41 bits per heavy atom. The van der Waals surface area contributed by atoms with Crippen LogP contribution < -0.4 is 5.32 Å². The molecule has 0 spiro atoms. The first-order valence-corrected chi connectivity index (χ1v) is 7.51. The lowest BCUT2D eigenvalue weighted by molar-refractivity contribution is 0.143. The van der Waals surface area contributed by atoms with Crippen molar-refractivity contribution in [1.29, 1.82) is 0 Å². The highest BCUT2D eigenvalue weighted by Crippen LogP contribution is 2.14. The summed E-state index contributed by atoms with van der Waals surface area (Å²) >= 11 is 0. The number of carbonyl (C=O) groups is 1. The molecule has 1 rings (SSSR count). The lowest BCUT2D eigenvalue weighted by Gasteiger charge is -2.31. The second-order valence-corrected chi connectivity index (χ2v) is 6.20. The molecule has 7 heteroatoms. The second-order valence-electron chi connectivity index (χ2n) is 3.94. The van der Waals surface area contributed by atoms with E-state index in [1.165, 1.54) is 4.31 Å². The zero-order chi connectivity index (χ0) is 12.9. The van der Waals surface area contributed by atoms with Gasteiger partial charge in [-0.05, 0) is 26.7 Å². The summed E-state index contributed by atoms with van der Waals surface area (Å²) in [6.07, 6.45) is 0.847. The predicted molar refractivity (Wildman–Crippen MR) is 64.2 cm³/mol. The number of nitrogens with one attached hydrogen (secondary N) is 1. The lowest BCUT2D eigenvalue weighted by atomic mass is 10.1. The third kappa shape index (κ3) is 4.16. The van der Waals surface area contributed by atoms with Crippen LogP contribution in [0.25, 0.3) is 0 Å². The van der Waals surface area contributed by atoms with Gasteiger partial charge in [0.1, 0.15) is 0 Å². The monoisotopic (exact) mass is 264 g/mol. The Morgan fingerprint density at radius 2 is 1.94 bits per heavy atom. The van der Waals surface area contributed by atoms with Gasteiger partial charge in [-0.1, -0.05) is 0 Å². The minimum Gasteiger partial charge on any atom is -0.450 e. The van der Waals surface area contributed by atoms with E-state index < -0.39 is 16.1 Å². The summed E-state index contributed by atoms with van der Waals surface area (Å²) in [6, 6.07) is 0.0114. The first-order valence-electron chi connectivity index (χ1n) is 5.90. The fourth-order valence-corrected chi connectivity index (χ4v) is 2.93. The van der Waals surface area contributed by atoms with Crippen LogP contribution in [-0.4, -0.2) is 50.3 Å². The van der Waals surface area contributed by atoms with Crippen LogP contribution in [0.2, 0.25) is 0 Å². The molecule has 6 nitrogen and oxygen atoms in total. The molecular weight excluding hydrogens is 244 g/mol. The summed E-state index contributed by atoms with van der Waals surface area (Å²) in [5.74, 6) is 0.128. The number of sulfonamides is 1. The standard InChI is InChI=1S/C10H20N2O4S/c1-3-16-10(13)11-9-5-7-12(8-6-9)17(14,15)4-2/h9H,3-8H2,1-2H3,(H,11,13). The quantitative estimate of drug-likeness (QED) is 0.804. The molecule has 0 unspecified atom stereocenters.